The van der Waals surface area contributed by atoms with E-state index in [2.05, 4.69) is 15.0 Å². The molecule has 2 heterocycles. The number of Topliss-reactive ketones (excluding diaryl/α,β-unsaturated/α-hetero) is 1. The summed E-state index contributed by atoms with van der Waals surface area (Å²) in [5.74, 6) is 0.286. The van der Waals surface area contributed by atoms with Crippen molar-refractivity contribution in [3.8, 4) is 0 Å². The lowest BCUT2D eigenvalue weighted by Gasteiger charge is -2.25. The van der Waals surface area contributed by atoms with Crippen molar-refractivity contribution in [3.05, 3.63) is 12.5 Å². The van der Waals surface area contributed by atoms with Crippen LogP contribution >= 0.6 is 11.8 Å². The van der Waals surface area contributed by atoms with E-state index in [0.29, 0.717) is 6.42 Å². The average molecular weight is 219 g/mol. The van der Waals surface area contributed by atoms with Crippen LogP contribution in [0.4, 0.5) is 5.69 Å². The first-order valence-corrected chi connectivity index (χ1v) is 5.79. The van der Waals surface area contributed by atoms with Crippen LogP contribution < -0.4 is 0 Å². The number of ketones is 1. The third kappa shape index (κ3) is 1.47. The zero-order chi connectivity index (χ0) is 10.3. The summed E-state index contributed by atoms with van der Waals surface area (Å²) in [7, 11) is 0. The highest BCUT2D eigenvalue weighted by molar-refractivity contribution is 8.01. The van der Waals surface area contributed by atoms with Gasteiger partial charge in [0.1, 0.15) is 22.3 Å². The Kier molecular flexibility index (Phi) is 2.05. The van der Waals surface area contributed by atoms with E-state index in [4.69, 9.17) is 0 Å². The van der Waals surface area contributed by atoms with Crippen molar-refractivity contribution < 1.29 is 4.79 Å². The van der Waals surface area contributed by atoms with Gasteiger partial charge in [-0.15, -0.1) is 0 Å². The molecule has 0 aromatic carbocycles. The lowest BCUT2D eigenvalue weighted by molar-refractivity contribution is -0.118. The largest absolute Gasteiger partial charge is 0.298 e. The second kappa shape index (κ2) is 3.41. The molecular formula is C10H9N3OS. The maximum absolute atomic E-state index is 11.7. The van der Waals surface area contributed by atoms with Gasteiger partial charge in [-0.1, -0.05) is 11.8 Å². The van der Waals surface area contributed by atoms with Gasteiger partial charge in [-0.3, -0.25) is 9.79 Å². The van der Waals surface area contributed by atoms with E-state index in [0.717, 1.165) is 29.3 Å². The number of rotatable bonds is 0. The van der Waals surface area contributed by atoms with Crippen LogP contribution in [0.5, 0.6) is 0 Å². The van der Waals surface area contributed by atoms with Crippen molar-refractivity contribution in [2.75, 3.05) is 0 Å². The van der Waals surface area contributed by atoms with Gasteiger partial charge in [-0.2, -0.15) is 0 Å². The third-order valence-corrected chi connectivity index (χ3v) is 3.91. The number of nitrogens with zero attached hydrogens (tertiary/aromatic N) is 3. The van der Waals surface area contributed by atoms with Crippen LogP contribution in [0, 0.1) is 0 Å². The van der Waals surface area contributed by atoms with E-state index < -0.39 is 0 Å². The Balaban J connectivity index is 2.06. The Morgan fingerprint density at radius 2 is 2.33 bits per heavy atom. The molecule has 1 aliphatic carbocycles. The summed E-state index contributed by atoms with van der Waals surface area (Å²) in [6.45, 7) is 0. The molecule has 0 N–H and O–H groups in total. The quantitative estimate of drug-likeness (QED) is 0.624. The van der Waals surface area contributed by atoms with Crippen molar-refractivity contribution in [1.82, 2.24) is 9.97 Å². The molecule has 1 atom stereocenters. The van der Waals surface area contributed by atoms with E-state index in [-0.39, 0.29) is 11.0 Å². The first-order valence-electron chi connectivity index (χ1n) is 4.91. The van der Waals surface area contributed by atoms with Crippen molar-refractivity contribution in [3.63, 3.8) is 0 Å². The van der Waals surface area contributed by atoms with Gasteiger partial charge in [-0.05, 0) is 12.8 Å². The first-order chi connectivity index (χ1) is 7.34. The van der Waals surface area contributed by atoms with E-state index in [1.54, 1.807) is 6.20 Å². The number of carbonyl (C=O) groups excluding carboxylic acids is 1. The zero-order valence-corrected chi connectivity index (χ0v) is 8.83. The van der Waals surface area contributed by atoms with Crippen LogP contribution in [-0.2, 0) is 4.79 Å². The second-order valence-corrected chi connectivity index (χ2v) is 4.73. The molecule has 4 nitrogen and oxygen atoms in total. The molecule has 0 bridgehead atoms. The zero-order valence-electron chi connectivity index (χ0n) is 8.01. The number of carbonyl (C=O) groups is 1. The molecule has 1 aromatic rings. The Hall–Kier alpha value is -1.23. The minimum Gasteiger partial charge on any atom is -0.298 e. The van der Waals surface area contributed by atoms with Crippen LogP contribution in [0.2, 0.25) is 0 Å². The fourth-order valence-electron chi connectivity index (χ4n) is 1.88. The molecule has 1 fully saturated rings. The number of hydrogen-bond donors (Lipinski definition) is 0. The number of thioether (sulfide) groups is 1. The van der Waals surface area contributed by atoms with Crippen LogP contribution in [0.15, 0.2) is 22.5 Å². The predicted octanol–water partition coefficient (Wildman–Crippen LogP) is 1.78. The van der Waals surface area contributed by atoms with Gasteiger partial charge in [0.15, 0.2) is 5.78 Å². The predicted molar refractivity (Wildman–Crippen MR) is 57.6 cm³/mol. The molecule has 1 aliphatic heterocycles. The van der Waals surface area contributed by atoms with E-state index >= 15 is 0 Å². The number of aliphatic imine (C=N–C) groups is 1. The Morgan fingerprint density at radius 1 is 1.40 bits per heavy atom. The molecule has 15 heavy (non-hydrogen) atoms. The van der Waals surface area contributed by atoms with Gasteiger partial charge in [0, 0.05) is 12.1 Å². The summed E-state index contributed by atoms with van der Waals surface area (Å²) in [5, 5.41) is 0.746. The highest BCUT2D eigenvalue weighted by Crippen LogP contribution is 2.39. The van der Waals surface area contributed by atoms with Gasteiger partial charge in [0.2, 0.25) is 0 Å². The van der Waals surface area contributed by atoms with E-state index in [1.807, 2.05) is 0 Å². The highest BCUT2D eigenvalue weighted by Gasteiger charge is 2.33. The lowest BCUT2D eigenvalue weighted by Crippen LogP contribution is -2.32. The molecule has 5 heteroatoms. The Morgan fingerprint density at radius 3 is 3.27 bits per heavy atom. The molecule has 3 rings (SSSR count). The summed E-state index contributed by atoms with van der Waals surface area (Å²) in [4.78, 5) is 24.2. The number of fused-ring (bicyclic) bond motifs is 2. The van der Waals surface area contributed by atoms with Crippen LogP contribution in [-0.4, -0.2) is 26.7 Å². The Bertz CT molecular complexity index is 458. The SMILES string of the molecule is O=C1CCCC2=Nc3cncnc3SC12. The van der Waals surface area contributed by atoms with Gasteiger partial charge >= 0.3 is 0 Å². The molecule has 76 valence electrons. The highest BCUT2D eigenvalue weighted by atomic mass is 32.2. The van der Waals surface area contributed by atoms with Gasteiger partial charge in [0.25, 0.3) is 0 Å². The van der Waals surface area contributed by atoms with Gasteiger partial charge in [-0.25, -0.2) is 9.97 Å². The van der Waals surface area contributed by atoms with Crippen molar-refractivity contribution in [2.45, 2.75) is 29.5 Å². The van der Waals surface area contributed by atoms with Crippen LogP contribution in [0.3, 0.4) is 0 Å². The average Bonchev–Trinajstić information content (AvgIpc) is 2.27. The minimum atomic E-state index is -0.0823. The molecule has 0 amide bonds. The molecule has 0 radical (unpaired) electrons. The Labute approximate surface area is 91.2 Å². The van der Waals surface area contributed by atoms with Crippen molar-refractivity contribution in [1.29, 1.82) is 0 Å². The number of aromatic nitrogens is 2. The molecule has 0 saturated heterocycles. The van der Waals surface area contributed by atoms with E-state index in [9.17, 15) is 4.79 Å². The van der Waals surface area contributed by atoms with Gasteiger partial charge < -0.3 is 0 Å². The monoisotopic (exact) mass is 219 g/mol. The summed E-state index contributed by atoms with van der Waals surface area (Å²) in [6, 6.07) is 0. The first kappa shape index (κ1) is 9.03. The fourth-order valence-corrected chi connectivity index (χ4v) is 2.99. The maximum atomic E-state index is 11.7. The topological polar surface area (TPSA) is 55.2 Å². The molecular weight excluding hydrogens is 210 g/mol. The van der Waals surface area contributed by atoms with E-state index in [1.165, 1.54) is 18.1 Å². The molecule has 1 saturated carbocycles. The molecule has 2 aliphatic rings. The summed E-state index contributed by atoms with van der Waals surface area (Å²) in [5.41, 5.74) is 1.81. The van der Waals surface area contributed by atoms with Crippen molar-refractivity contribution >= 4 is 28.9 Å². The maximum Gasteiger partial charge on any atom is 0.151 e. The standard InChI is InChI=1S/C10H9N3OS/c14-8-3-1-2-6-9(8)15-10-7(13-6)4-11-5-12-10/h4-5,9H,1-3H2. The fraction of sp³-hybridized carbons (Fsp3) is 0.400. The molecule has 1 aromatic heterocycles. The second-order valence-electron chi connectivity index (χ2n) is 3.63. The van der Waals surface area contributed by atoms with Crippen molar-refractivity contribution in [2.24, 2.45) is 4.99 Å². The normalized spacial score (nSPS) is 24.1. The summed E-state index contributed by atoms with van der Waals surface area (Å²) in [6.07, 6.45) is 5.74. The smallest absolute Gasteiger partial charge is 0.151 e. The lowest BCUT2D eigenvalue weighted by atomic mass is 9.96. The molecule has 0 spiro atoms. The van der Waals surface area contributed by atoms with Gasteiger partial charge in [0.05, 0.1) is 6.20 Å². The van der Waals surface area contributed by atoms with Crippen LogP contribution in [0.25, 0.3) is 0 Å². The third-order valence-electron chi connectivity index (χ3n) is 2.60. The summed E-state index contributed by atoms with van der Waals surface area (Å²) < 4.78 is 0. The number of hydrogen-bond acceptors (Lipinski definition) is 5. The molecule has 1 unspecified atom stereocenters. The van der Waals surface area contributed by atoms with Crippen LogP contribution in [0.1, 0.15) is 19.3 Å². The summed E-state index contributed by atoms with van der Waals surface area (Å²) >= 11 is 1.52. The minimum absolute atomic E-state index is 0.0823.